The zero-order valence-electron chi connectivity index (χ0n) is 12.1. The monoisotopic (exact) mass is 292 g/mol. The van der Waals surface area contributed by atoms with Crippen molar-refractivity contribution in [2.75, 3.05) is 26.4 Å². The van der Waals surface area contributed by atoms with Crippen molar-refractivity contribution >= 4 is 5.97 Å². The maximum absolute atomic E-state index is 11.0. The van der Waals surface area contributed by atoms with Crippen molar-refractivity contribution in [1.29, 1.82) is 0 Å². The highest BCUT2D eigenvalue weighted by Gasteiger charge is 2.26. The Balaban J connectivity index is 0.000000159. The van der Waals surface area contributed by atoms with Gasteiger partial charge in [0.05, 0.1) is 26.4 Å². The lowest BCUT2D eigenvalue weighted by Gasteiger charge is -2.01. The van der Waals surface area contributed by atoms with E-state index >= 15 is 0 Å². The molecule has 2 atom stereocenters. The normalized spacial score (nSPS) is 21.8. The fraction of sp³-hybridized carbons (Fsp3) is 0.438. The summed E-state index contributed by atoms with van der Waals surface area (Å²) in [7, 11) is 0. The second kappa shape index (κ2) is 7.93. The molecule has 1 aromatic rings. The molecule has 2 aliphatic rings. The average Bonchev–Trinajstić information content (AvgIpc) is 3.35. The van der Waals surface area contributed by atoms with Crippen LogP contribution in [0.15, 0.2) is 42.5 Å². The largest absolute Gasteiger partial charge is 0.423 e. The van der Waals surface area contributed by atoms with Crippen LogP contribution < -0.4 is 4.74 Å². The number of benzene rings is 1. The van der Waals surface area contributed by atoms with Gasteiger partial charge in [-0.2, -0.15) is 0 Å². The molecule has 2 unspecified atom stereocenters. The number of carbonyl (C=O) groups excluding carboxylic acids is 1. The fourth-order valence-electron chi connectivity index (χ4n) is 1.34. The van der Waals surface area contributed by atoms with Gasteiger partial charge in [0.2, 0.25) is 0 Å². The van der Waals surface area contributed by atoms with Crippen LogP contribution in [0.25, 0.3) is 0 Å². The maximum Gasteiger partial charge on any atom is 0.338 e. The third-order valence-electron chi connectivity index (χ3n) is 2.71. The van der Waals surface area contributed by atoms with Gasteiger partial charge < -0.3 is 18.9 Å². The Bertz CT molecular complexity index is 451. The van der Waals surface area contributed by atoms with Gasteiger partial charge in [-0.15, -0.1) is 0 Å². The Morgan fingerprint density at radius 3 is 2.14 bits per heavy atom. The molecule has 0 radical (unpaired) electrons. The Kier molecular flexibility index (Phi) is 5.92. The first-order valence-corrected chi connectivity index (χ1v) is 6.89. The topological polar surface area (TPSA) is 60.6 Å². The van der Waals surface area contributed by atoms with Gasteiger partial charge in [0.15, 0.2) is 0 Å². The number of hydrogen-bond donors (Lipinski definition) is 0. The number of ether oxygens (including phenoxy) is 4. The summed E-state index contributed by atoms with van der Waals surface area (Å²) in [6.07, 6.45) is 0.785. The summed E-state index contributed by atoms with van der Waals surface area (Å²) in [5.74, 6) is 0.159. The first kappa shape index (κ1) is 15.7. The molecule has 2 aliphatic heterocycles. The van der Waals surface area contributed by atoms with Crippen LogP contribution in [0.2, 0.25) is 0 Å². The Hall–Kier alpha value is -1.69. The standard InChI is InChI=1S/C10H10O2.C6H10O3/c1-8(2)10(11)12-9-6-4-3-5-7-9;1(5-3-8-5)7-2-6-4-9-6/h3-7H,1H2,2H3;5-6H,1-4H2. The summed E-state index contributed by atoms with van der Waals surface area (Å²) in [6.45, 7) is 8.35. The molecule has 5 nitrogen and oxygen atoms in total. The molecule has 2 fully saturated rings. The van der Waals surface area contributed by atoms with Crippen LogP contribution in [0.3, 0.4) is 0 Å². The van der Waals surface area contributed by atoms with E-state index in [4.69, 9.17) is 18.9 Å². The minimum absolute atomic E-state index is 0.388. The van der Waals surface area contributed by atoms with Gasteiger partial charge in [0.1, 0.15) is 18.0 Å². The minimum atomic E-state index is -0.388. The SMILES string of the molecule is C(OCC1CO1)C1CO1.C=C(C)C(=O)Oc1ccccc1. The van der Waals surface area contributed by atoms with E-state index in [1.54, 1.807) is 31.2 Å². The molecule has 0 aliphatic carbocycles. The number of carbonyl (C=O) groups is 1. The van der Waals surface area contributed by atoms with Crippen molar-refractivity contribution in [3.05, 3.63) is 42.5 Å². The highest BCUT2D eigenvalue weighted by molar-refractivity contribution is 5.88. The molecule has 5 heteroatoms. The predicted octanol–water partition coefficient (Wildman–Crippen LogP) is 1.97. The molecular weight excluding hydrogens is 272 g/mol. The first-order valence-electron chi connectivity index (χ1n) is 6.89. The Morgan fingerprint density at radius 2 is 1.71 bits per heavy atom. The minimum Gasteiger partial charge on any atom is -0.423 e. The van der Waals surface area contributed by atoms with Crippen molar-refractivity contribution in [3.8, 4) is 5.75 Å². The highest BCUT2D eigenvalue weighted by atomic mass is 16.6. The van der Waals surface area contributed by atoms with E-state index in [2.05, 4.69) is 6.58 Å². The van der Waals surface area contributed by atoms with E-state index in [1.165, 1.54) is 0 Å². The summed E-state index contributed by atoms with van der Waals surface area (Å²) in [4.78, 5) is 11.0. The van der Waals surface area contributed by atoms with E-state index in [0.717, 1.165) is 26.4 Å². The summed E-state index contributed by atoms with van der Waals surface area (Å²) in [5.41, 5.74) is 0.402. The van der Waals surface area contributed by atoms with E-state index in [9.17, 15) is 4.79 Å². The van der Waals surface area contributed by atoms with Crippen molar-refractivity contribution < 1.29 is 23.7 Å². The zero-order chi connectivity index (χ0) is 15.1. The van der Waals surface area contributed by atoms with E-state index in [0.29, 0.717) is 23.5 Å². The third kappa shape index (κ3) is 7.04. The van der Waals surface area contributed by atoms with Gasteiger partial charge in [-0.3, -0.25) is 0 Å². The lowest BCUT2D eigenvalue weighted by Crippen LogP contribution is -2.07. The predicted molar refractivity (Wildman–Crippen MR) is 77.2 cm³/mol. The molecule has 0 N–H and O–H groups in total. The van der Waals surface area contributed by atoms with E-state index in [-0.39, 0.29) is 5.97 Å². The van der Waals surface area contributed by atoms with Crippen LogP contribution in [0, 0.1) is 0 Å². The van der Waals surface area contributed by atoms with Crippen LogP contribution >= 0.6 is 0 Å². The van der Waals surface area contributed by atoms with Gasteiger partial charge >= 0.3 is 5.97 Å². The summed E-state index contributed by atoms with van der Waals surface area (Å²) >= 11 is 0. The number of epoxide rings is 2. The zero-order valence-corrected chi connectivity index (χ0v) is 12.1. The molecule has 0 bridgehead atoms. The van der Waals surface area contributed by atoms with Crippen molar-refractivity contribution in [1.82, 2.24) is 0 Å². The van der Waals surface area contributed by atoms with Crippen molar-refractivity contribution in [3.63, 3.8) is 0 Å². The summed E-state index contributed by atoms with van der Waals surface area (Å²) < 4.78 is 20.1. The number of esters is 1. The van der Waals surface area contributed by atoms with Crippen LogP contribution in [0.4, 0.5) is 0 Å². The quantitative estimate of drug-likeness (QED) is 0.347. The molecular formula is C16H20O5. The first-order chi connectivity index (χ1) is 10.1. The fourth-order valence-corrected chi connectivity index (χ4v) is 1.34. The molecule has 3 rings (SSSR count). The molecule has 0 spiro atoms. The second-order valence-electron chi connectivity index (χ2n) is 4.93. The lowest BCUT2D eigenvalue weighted by molar-refractivity contribution is -0.130. The molecule has 2 heterocycles. The van der Waals surface area contributed by atoms with Gasteiger partial charge in [0.25, 0.3) is 0 Å². The smallest absolute Gasteiger partial charge is 0.338 e. The molecule has 1 aromatic carbocycles. The second-order valence-corrected chi connectivity index (χ2v) is 4.93. The Morgan fingerprint density at radius 1 is 1.19 bits per heavy atom. The third-order valence-corrected chi connectivity index (χ3v) is 2.71. The summed E-state index contributed by atoms with van der Waals surface area (Å²) in [6, 6.07) is 8.92. The van der Waals surface area contributed by atoms with Crippen molar-refractivity contribution in [2.24, 2.45) is 0 Å². The Labute approximate surface area is 124 Å². The van der Waals surface area contributed by atoms with Gasteiger partial charge in [-0.05, 0) is 19.1 Å². The maximum atomic E-state index is 11.0. The van der Waals surface area contributed by atoms with Crippen LogP contribution in [0.5, 0.6) is 5.75 Å². The van der Waals surface area contributed by atoms with Crippen LogP contribution in [-0.2, 0) is 19.0 Å². The number of hydrogen-bond acceptors (Lipinski definition) is 5. The van der Waals surface area contributed by atoms with E-state index < -0.39 is 0 Å². The molecule has 2 saturated heterocycles. The average molecular weight is 292 g/mol. The number of para-hydroxylation sites is 1. The number of rotatable bonds is 6. The van der Waals surface area contributed by atoms with Gasteiger partial charge in [-0.1, -0.05) is 24.8 Å². The lowest BCUT2D eigenvalue weighted by atomic mass is 10.3. The molecule has 0 amide bonds. The van der Waals surface area contributed by atoms with Crippen molar-refractivity contribution in [2.45, 2.75) is 19.1 Å². The molecule has 0 saturated carbocycles. The van der Waals surface area contributed by atoms with Crippen LogP contribution in [0.1, 0.15) is 6.92 Å². The van der Waals surface area contributed by atoms with Gasteiger partial charge in [-0.25, -0.2) is 4.79 Å². The molecule has 0 aromatic heterocycles. The van der Waals surface area contributed by atoms with Crippen LogP contribution in [-0.4, -0.2) is 44.6 Å². The molecule has 114 valence electrons. The summed E-state index contributed by atoms with van der Waals surface area (Å²) in [5, 5.41) is 0. The highest BCUT2D eigenvalue weighted by Crippen LogP contribution is 2.12. The van der Waals surface area contributed by atoms with Gasteiger partial charge in [0, 0.05) is 5.57 Å². The molecule has 21 heavy (non-hydrogen) atoms. The van der Waals surface area contributed by atoms with E-state index in [1.807, 2.05) is 6.07 Å².